The van der Waals surface area contributed by atoms with E-state index in [1.807, 2.05) is 72.8 Å². The van der Waals surface area contributed by atoms with Crippen LogP contribution in [0, 0.1) is 0 Å². The topological polar surface area (TPSA) is 37.8 Å². The number of hydrogen-bond acceptors (Lipinski definition) is 3. The average molecular weight is 366 g/mol. The van der Waals surface area contributed by atoms with Gasteiger partial charge >= 0.3 is 0 Å². The quantitative estimate of drug-likeness (QED) is 0.459. The van der Waals surface area contributed by atoms with E-state index in [0.29, 0.717) is 21.7 Å². The first kappa shape index (κ1) is 15.9. The molecule has 5 heteroatoms. The third-order valence-electron chi connectivity index (χ3n) is 3.80. The molecule has 0 aliphatic rings. The largest absolute Gasteiger partial charge is 0.340 e. The Hall–Kier alpha value is -2.62. The Labute approximate surface area is 155 Å². The third kappa shape index (κ3) is 3.43. The number of benzene rings is 3. The van der Waals surface area contributed by atoms with Crippen LogP contribution in [0.2, 0.25) is 10.0 Å². The molecule has 0 unspecified atom stereocenters. The maximum Gasteiger partial charge on any atom is 0.162 e. The van der Waals surface area contributed by atoms with E-state index in [0.717, 1.165) is 22.2 Å². The summed E-state index contributed by atoms with van der Waals surface area (Å²) >= 11 is 12.1. The Morgan fingerprint density at radius 2 is 1.44 bits per heavy atom. The highest BCUT2D eigenvalue weighted by atomic mass is 35.5. The molecule has 1 aromatic heterocycles. The van der Waals surface area contributed by atoms with E-state index >= 15 is 0 Å². The summed E-state index contributed by atoms with van der Waals surface area (Å²) in [6, 6.07) is 23.0. The molecule has 0 saturated heterocycles. The minimum absolute atomic E-state index is 0.641. The first-order valence-corrected chi connectivity index (χ1v) is 8.50. The predicted molar refractivity (Wildman–Crippen MR) is 105 cm³/mol. The first-order chi connectivity index (χ1) is 12.2. The number of hydrogen-bond donors (Lipinski definition) is 1. The molecule has 0 saturated carbocycles. The molecule has 25 heavy (non-hydrogen) atoms. The van der Waals surface area contributed by atoms with Crippen molar-refractivity contribution in [2.24, 2.45) is 0 Å². The lowest BCUT2D eigenvalue weighted by molar-refractivity contribution is 1.22. The summed E-state index contributed by atoms with van der Waals surface area (Å²) in [5.41, 5.74) is 2.68. The molecule has 122 valence electrons. The highest BCUT2D eigenvalue weighted by molar-refractivity contribution is 6.31. The lowest BCUT2D eigenvalue weighted by Crippen LogP contribution is -1.99. The monoisotopic (exact) mass is 365 g/mol. The molecular formula is C20H13Cl2N3. The van der Waals surface area contributed by atoms with Crippen molar-refractivity contribution in [2.45, 2.75) is 0 Å². The van der Waals surface area contributed by atoms with Crippen molar-refractivity contribution in [1.82, 2.24) is 9.97 Å². The maximum absolute atomic E-state index is 6.17. The van der Waals surface area contributed by atoms with Gasteiger partial charge < -0.3 is 5.32 Å². The van der Waals surface area contributed by atoms with Crippen LogP contribution in [0.4, 0.5) is 11.5 Å². The molecule has 4 rings (SSSR count). The Bertz CT molecular complexity index is 1030. The van der Waals surface area contributed by atoms with E-state index in [2.05, 4.69) is 10.3 Å². The molecule has 0 atom stereocenters. The van der Waals surface area contributed by atoms with Crippen LogP contribution >= 0.6 is 23.2 Å². The van der Waals surface area contributed by atoms with Crippen LogP contribution in [0.25, 0.3) is 22.3 Å². The molecule has 0 amide bonds. The number of nitrogens with one attached hydrogen (secondary N) is 1. The van der Waals surface area contributed by atoms with Gasteiger partial charge in [-0.15, -0.1) is 0 Å². The SMILES string of the molecule is Clc1ccc(Nc2nc(-c3ccccc3)nc3ccc(Cl)cc23)cc1. The highest BCUT2D eigenvalue weighted by Crippen LogP contribution is 2.29. The van der Waals surface area contributed by atoms with Crippen molar-refractivity contribution in [1.29, 1.82) is 0 Å². The molecular weight excluding hydrogens is 353 g/mol. The Kier molecular flexibility index (Phi) is 4.26. The van der Waals surface area contributed by atoms with E-state index in [9.17, 15) is 0 Å². The van der Waals surface area contributed by atoms with Crippen LogP contribution in [0.3, 0.4) is 0 Å². The van der Waals surface area contributed by atoms with Gasteiger partial charge in [0, 0.05) is 26.7 Å². The first-order valence-electron chi connectivity index (χ1n) is 7.74. The standard InChI is InChI=1S/C20H13Cl2N3/c21-14-6-9-16(10-7-14)23-20-17-12-15(22)8-11-18(17)24-19(25-20)13-4-2-1-3-5-13/h1-12H,(H,23,24,25). The van der Waals surface area contributed by atoms with E-state index < -0.39 is 0 Å². The van der Waals surface area contributed by atoms with E-state index in [1.165, 1.54) is 0 Å². The zero-order chi connectivity index (χ0) is 17.2. The van der Waals surface area contributed by atoms with Gasteiger partial charge in [0.1, 0.15) is 5.82 Å². The number of rotatable bonds is 3. The summed E-state index contributed by atoms with van der Waals surface area (Å²) in [5.74, 6) is 1.36. The van der Waals surface area contributed by atoms with Gasteiger partial charge in [0.25, 0.3) is 0 Å². The molecule has 3 nitrogen and oxygen atoms in total. The van der Waals surface area contributed by atoms with Gasteiger partial charge in [0.05, 0.1) is 5.52 Å². The Balaban J connectivity index is 1.87. The fraction of sp³-hybridized carbons (Fsp3) is 0. The second-order valence-corrected chi connectivity index (χ2v) is 6.43. The van der Waals surface area contributed by atoms with E-state index in [-0.39, 0.29) is 0 Å². The van der Waals surface area contributed by atoms with Gasteiger partial charge in [0.15, 0.2) is 5.82 Å². The van der Waals surface area contributed by atoms with Gasteiger partial charge in [-0.3, -0.25) is 0 Å². The van der Waals surface area contributed by atoms with Gasteiger partial charge in [-0.25, -0.2) is 9.97 Å². The van der Waals surface area contributed by atoms with Crippen LogP contribution in [0.5, 0.6) is 0 Å². The van der Waals surface area contributed by atoms with Crippen LogP contribution < -0.4 is 5.32 Å². The summed E-state index contributed by atoms with van der Waals surface area (Å²) < 4.78 is 0. The van der Waals surface area contributed by atoms with Crippen molar-refractivity contribution >= 4 is 45.6 Å². The van der Waals surface area contributed by atoms with Crippen LogP contribution in [-0.4, -0.2) is 9.97 Å². The van der Waals surface area contributed by atoms with Crippen molar-refractivity contribution < 1.29 is 0 Å². The van der Waals surface area contributed by atoms with Crippen molar-refractivity contribution in [3.05, 3.63) is 82.8 Å². The second kappa shape index (κ2) is 6.71. The number of halogens is 2. The zero-order valence-corrected chi connectivity index (χ0v) is 14.6. The minimum atomic E-state index is 0.641. The second-order valence-electron chi connectivity index (χ2n) is 5.56. The van der Waals surface area contributed by atoms with Crippen molar-refractivity contribution in [3.63, 3.8) is 0 Å². The van der Waals surface area contributed by atoms with Gasteiger partial charge in [0.2, 0.25) is 0 Å². The van der Waals surface area contributed by atoms with E-state index in [1.54, 1.807) is 0 Å². The predicted octanol–water partition coefficient (Wildman–Crippen LogP) is 6.35. The molecule has 4 aromatic rings. The van der Waals surface area contributed by atoms with Gasteiger partial charge in [-0.05, 0) is 42.5 Å². The Morgan fingerprint density at radius 3 is 2.20 bits per heavy atom. The number of aromatic nitrogens is 2. The average Bonchev–Trinajstić information content (AvgIpc) is 2.64. The molecule has 0 fully saturated rings. The summed E-state index contributed by atoms with van der Waals surface area (Å²) in [6.07, 6.45) is 0. The van der Waals surface area contributed by atoms with E-state index in [4.69, 9.17) is 28.2 Å². The number of anilines is 2. The highest BCUT2D eigenvalue weighted by Gasteiger charge is 2.10. The summed E-state index contributed by atoms with van der Waals surface area (Å²) in [4.78, 5) is 9.39. The van der Waals surface area contributed by atoms with Gasteiger partial charge in [-0.1, -0.05) is 53.5 Å². The summed E-state index contributed by atoms with van der Waals surface area (Å²) in [7, 11) is 0. The fourth-order valence-corrected chi connectivity index (χ4v) is 2.88. The molecule has 0 aliphatic heterocycles. The smallest absolute Gasteiger partial charge is 0.162 e. The summed E-state index contributed by atoms with van der Waals surface area (Å²) in [6.45, 7) is 0. The number of fused-ring (bicyclic) bond motifs is 1. The molecule has 0 aliphatic carbocycles. The van der Waals surface area contributed by atoms with Crippen LogP contribution in [0.1, 0.15) is 0 Å². The minimum Gasteiger partial charge on any atom is -0.340 e. The maximum atomic E-state index is 6.17. The molecule has 3 aromatic carbocycles. The fourth-order valence-electron chi connectivity index (χ4n) is 2.58. The van der Waals surface area contributed by atoms with Crippen molar-refractivity contribution in [2.75, 3.05) is 5.32 Å². The molecule has 0 bridgehead atoms. The normalized spacial score (nSPS) is 10.8. The third-order valence-corrected chi connectivity index (χ3v) is 4.28. The number of nitrogens with zero attached hydrogens (tertiary/aromatic N) is 2. The lowest BCUT2D eigenvalue weighted by atomic mass is 10.2. The molecule has 0 spiro atoms. The summed E-state index contributed by atoms with van der Waals surface area (Å²) in [5, 5.41) is 5.53. The molecule has 1 N–H and O–H groups in total. The van der Waals surface area contributed by atoms with Crippen molar-refractivity contribution in [3.8, 4) is 11.4 Å². The molecule has 0 radical (unpaired) electrons. The zero-order valence-electron chi connectivity index (χ0n) is 13.1. The van der Waals surface area contributed by atoms with Crippen LogP contribution in [-0.2, 0) is 0 Å². The van der Waals surface area contributed by atoms with Crippen LogP contribution in [0.15, 0.2) is 72.8 Å². The molecule has 1 heterocycles. The Morgan fingerprint density at radius 1 is 0.720 bits per heavy atom. The van der Waals surface area contributed by atoms with Gasteiger partial charge in [-0.2, -0.15) is 0 Å². The lowest BCUT2D eigenvalue weighted by Gasteiger charge is -2.11.